The third-order valence-corrected chi connectivity index (χ3v) is 3.11. The molecule has 0 saturated carbocycles. The summed E-state index contributed by atoms with van der Waals surface area (Å²) in [5.41, 5.74) is 2.77. The number of rotatable bonds is 1. The Morgan fingerprint density at radius 3 is 2.75 bits per heavy atom. The molecule has 0 heterocycles. The minimum atomic E-state index is -1.41. The van der Waals surface area contributed by atoms with Crippen LogP contribution in [0.5, 0.6) is 0 Å². The first-order chi connectivity index (χ1) is 7.77. The Balaban J connectivity index is 2.44. The monoisotopic (exact) mass is 210 g/mol. The first kappa shape index (κ1) is 9.64. The standard InChI is InChI=1S/C13H11BO2/c15-14(16)12-8-7-10-4-1-3-9-5-2-6-11(12)13(9)10/h1-4,6-8,15-16H,5H2. The lowest BCUT2D eigenvalue weighted by molar-refractivity contribution is 0.426. The molecule has 2 nitrogen and oxygen atoms in total. The predicted octanol–water partition coefficient (Wildman–Crippen LogP) is 1.09. The van der Waals surface area contributed by atoms with Gasteiger partial charge in [-0.25, -0.2) is 0 Å². The maximum Gasteiger partial charge on any atom is 0.489 e. The predicted molar refractivity (Wildman–Crippen MR) is 66.5 cm³/mol. The first-order valence-electron chi connectivity index (χ1n) is 5.34. The fourth-order valence-corrected chi connectivity index (χ4v) is 2.38. The van der Waals surface area contributed by atoms with Gasteiger partial charge in [-0.3, -0.25) is 0 Å². The summed E-state index contributed by atoms with van der Waals surface area (Å²) >= 11 is 0. The molecule has 2 N–H and O–H groups in total. The summed E-state index contributed by atoms with van der Waals surface area (Å²) in [6.45, 7) is 0. The molecule has 2 aromatic carbocycles. The van der Waals surface area contributed by atoms with Gasteiger partial charge in [0, 0.05) is 0 Å². The Bertz CT molecular complexity index is 588. The van der Waals surface area contributed by atoms with Gasteiger partial charge in [0.1, 0.15) is 0 Å². The second-order valence-corrected chi connectivity index (χ2v) is 4.06. The maximum atomic E-state index is 9.33. The van der Waals surface area contributed by atoms with Crippen LogP contribution in [0.2, 0.25) is 0 Å². The highest BCUT2D eigenvalue weighted by atomic mass is 16.4. The van der Waals surface area contributed by atoms with E-state index in [1.54, 1.807) is 6.07 Å². The van der Waals surface area contributed by atoms with Crippen molar-refractivity contribution in [1.82, 2.24) is 0 Å². The van der Waals surface area contributed by atoms with Gasteiger partial charge < -0.3 is 10.0 Å². The molecule has 0 bridgehead atoms. The fourth-order valence-electron chi connectivity index (χ4n) is 2.38. The van der Waals surface area contributed by atoms with Gasteiger partial charge in [0.25, 0.3) is 0 Å². The first-order valence-corrected chi connectivity index (χ1v) is 5.34. The van der Waals surface area contributed by atoms with Gasteiger partial charge in [0.05, 0.1) is 0 Å². The van der Waals surface area contributed by atoms with Crippen LogP contribution in [-0.2, 0) is 6.42 Å². The number of benzene rings is 2. The van der Waals surface area contributed by atoms with E-state index in [1.165, 1.54) is 5.56 Å². The minimum Gasteiger partial charge on any atom is -0.423 e. The van der Waals surface area contributed by atoms with E-state index >= 15 is 0 Å². The van der Waals surface area contributed by atoms with Gasteiger partial charge in [0.15, 0.2) is 0 Å². The van der Waals surface area contributed by atoms with Crippen LogP contribution in [0.25, 0.3) is 16.8 Å². The van der Waals surface area contributed by atoms with Gasteiger partial charge in [-0.1, -0.05) is 42.5 Å². The molecule has 1 aliphatic carbocycles. The van der Waals surface area contributed by atoms with Crippen LogP contribution < -0.4 is 5.46 Å². The van der Waals surface area contributed by atoms with E-state index in [2.05, 4.69) is 18.2 Å². The van der Waals surface area contributed by atoms with Crippen molar-refractivity contribution in [3.8, 4) is 0 Å². The zero-order valence-corrected chi connectivity index (χ0v) is 8.72. The molecule has 16 heavy (non-hydrogen) atoms. The van der Waals surface area contributed by atoms with Crippen molar-refractivity contribution in [2.24, 2.45) is 0 Å². The number of hydrogen-bond acceptors (Lipinski definition) is 2. The largest absolute Gasteiger partial charge is 0.489 e. The molecule has 0 atom stereocenters. The quantitative estimate of drug-likeness (QED) is 0.691. The van der Waals surface area contributed by atoms with Crippen molar-refractivity contribution in [2.75, 3.05) is 0 Å². The molecule has 2 aromatic rings. The molecule has 0 aliphatic heterocycles. The number of allylic oxidation sites excluding steroid dienone is 1. The Kier molecular flexibility index (Phi) is 2.09. The molecule has 3 rings (SSSR count). The van der Waals surface area contributed by atoms with Crippen molar-refractivity contribution in [3.05, 3.63) is 47.5 Å². The average molecular weight is 210 g/mol. The number of hydrogen-bond donors (Lipinski definition) is 2. The SMILES string of the molecule is OB(O)c1ccc2cccc3c2c1C=CC3. The highest BCUT2D eigenvalue weighted by molar-refractivity contribution is 6.60. The summed E-state index contributed by atoms with van der Waals surface area (Å²) in [6, 6.07) is 9.89. The molecule has 0 fully saturated rings. The van der Waals surface area contributed by atoms with E-state index in [0.29, 0.717) is 5.46 Å². The molecule has 78 valence electrons. The molecular weight excluding hydrogens is 199 g/mol. The second-order valence-electron chi connectivity index (χ2n) is 4.06. The Labute approximate surface area is 94.0 Å². The summed E-state index contributed by atoms with van der Waals surface area (Å²) in [4.78, 5) is 0. The smallest absolute Gasteiger partial charge is 0.423 e. The molecule has 0 spiro atoms. The summed E-state index contributed by atoms with van der Waals surface area (Å²) in [5.74, 6) is 0. The summed E-state index contributed by atoms with van der Waals surface area (Å²) in [7, 11) is -1.41. The summed E-state index contributed by atoms with van der Waals surface area (Å²) in [6.07, 6.45) is 4.95. The topological polar surface area (TPSA) is 40.5 Å². The third-order valence-electron chi connectivity index (χ3n) is 3.11. The minimum absolute atomic E-state index is 0.580. The van der Waals surface area contributed by atoms with E-state index < -0.39 is 7.12 Å². The second kappa shape index (κ2) is 3.47. The molecule has 3 heteroatoms. The van der Waals surface area contributed by atoms with Crippen molar-refractivity contribution in [3.63, 3.8) is 0 Å². The maximum absolute atomic E-state index is 9.33. The highest BCUT2D eigenvalue weighted by Gasteiger charge is 2.19. The van der Waals surface area contributed by atoms with Crippen LogP contribution in [0.4, 0.5) is 0 Å². The van der Waals surface area contributed by atoms with E-state index in [4.69, 9.17) is 0 Å². The highest BCUT2D eigenvalue weighted by Crippen LogP contribution is 2.27. The molecule has 0 amide bonds. The van der Waals surface area contributed by atoms with Crippen LogP contribution in [0, 0.1) is 0 Å². The van der Waals surface area contributed by atoms with Crippen LogP contribution >= 0.6 is 0 Å². The van der Waals surface area contributed by atoms with Crippen molar-refractivity contribution >= 4 is 29.4 Å². The van der Waals surface area contributed by atoms with E-state index in [9.17, 15) is 10.0 Å². The molecular formula is C13H11BO2. The lowest BCUT2D eigenvalue weighted by Crippen LogP contribution is -2.32. The van der Waals surface area contributed by atoms with Gasteiger partial charge in [-0.2, -0.15) is 0 Å². The molecule has 0 radical (unpaired) electrons. The van der Waals surface area contributed by atoms with Gasteiger partial charge in [-0.05, 0) is 33.8 Å². The van der Waals surface area contributed by atoms with Crippen molar-refractivity contribution < 1.29 is 10.0 Å². The van der Waals surface area contributed by atoms with E-state index in [0.717, 1.165) is 22.8 Å². The Hall–Kier alpha value is -1.58. The summed E-state index contributed by atoms with van der Waals surface area (Å²) < 4.78 is 0. The van der Waals surface area contributed by atoms with Crippen LogP contribution in [0.15, 0.2) is 36.4 Å². The van der Waals surface area contributed by atoms with Gasteiger partial charge in [0.2, 0.25) is 0 Å². The van der Waals surface area contributed by atoms with Crippen molar-refractivity contribution in [2.45, 2.75) is 6.42 Å². The zero-order chi connectivity index (χ0) is 11.1. The van der Waals surface area contributed by atoms with Gasteiger partial charge in [-0.15, -0.1) is 0 Å². The van der Waals surface area contributed by atoms with Crippen LogP contribution in [0.3, 0.4) is 0 Å². The lowest BCUT2D eigenvalue weighted by Gasteiger charge is -2.16. The fraction of sp³-hybridized carbons (Fsp3) is 0.0769. The van der Waals surface area contributed by atoms with Crippen molar-refractivity contribution in [1.29, 1.82) is 0 Å². The Morgan fingerprint density at radius 1 is 1.06 bits per heavy atom. The molecule has 0 saturated heterocycles. The molecule has 1 aliphatic rings. The van der Waals surface area contributed by atoms with Crippen LogP contribution in [-0.4, -0.2) is 17.2 Å². The normalized spacial score (nSPS) is 13.1. The van der Waals surface area contributed by atoms with Crippen LogP contribution in [0.1, 0.15) is 11.1 Å². The van der Waals surface area contributed by atoms with Gasteiger partial charge >= 0.3 is 7.12 Å². The zero-order valence-electron chi connectivity index (χ0n) is 8.72. The lowest BCUT2D eigenvalue weighted by atomic mass is 9.74. The third kappa shape index (κ3) is 1.29. The van der Waals surface area contributed by atoms with E-state index in [-0.39, 0.29) is 0 Å². The summed E-state index contributed by atoms with van der Waals surface area (Å²) in [5, 5.41) is 21.0. The molecule has 0 unspecified atom stereocenters. The Morgan fingerprint density at radius 2 is 1.94 bits per heavy atom. The average Bonchev–Trinajstić information content (AvgIpc) is 2.30. The molecule has 0 aromatic heterocycles. The van der Waals surface area contributed by atoms with E-state index in [1.807, 2.05) is 18.2 Å².